The van der Waals surface area contributed by atoms with Gasteiger partial charge in [0.2, 0.25) is 5.91 Å². The summed E-state index contributed by atoms with van der Waals surface area (Å²) in [7, 11) is 1.65. The molecular weight excluding hydrogens is 316 g/mol. The molecule has 0 spiro atoms. The summed E-state index contributed by atoms with van der Waals surface area (Å²) >= 11 is 0. The Balaban J connectivity index is 1.64. The van der Waals surface area contributed by atoms with Crippen molar-refractivity contribution in [2.75, 3.05) is 13.7 Å². The van der Waals surface area contributed by atoms with Crippen LogP contribution in [0.5, 0.6) is 5.75 Å². The monoisotopic (exact) mass is 338 g/mol. The number of aliphatic hydroxyl groups excluding tert-OH is 1. The van der Waals surface area contributed by atoms with Gasteiger partial charge in [0.05, 0.1) is 25.3 Å². The number of amides is 1. The van der Waals surface area contributed by atoms with Crippen LogP contribution in [0.1, 0.15) is 18.0 Å². The molecule has 0 saturated carbocycles. The number of benzene rings is 2. The number of aromatic nitrogens is 1. The number of carbonyl (C=O) groups excluding carboxylic acids is 1. The van der Waals surface area contributed by atoms with E-state index in [2.05, 4.69) is 5.32 Å². The molecule has 2 aromatic carbocycles. The van der Waals surface area contributed by atoms with Gasteiger partial charge in [0.15, 0.2) is 0 Å². The number of carbonyl (C=O) groups is 1. The molecular formula is C20H22N2O3. The summed E-state index contributed by atoms with van der Waals surface area (Å²) in [6, 6.07) is 17.0. The summed E-state index contributed by atoms with van der Waals surface area (Å²) in [5, 5.41) is 13.5. The van der Waals surface area contributed by atoms with Crippen LogP contribution in [0.2, 0.25) is 0 Å². The van der Waals surface area contributed by atoms with E-state index in [0.717, 1.165) is 22.2 Å². The van der Waals surface area contributed by atoms with E-state index in [9.17, 15) is 9.90 Å². The number of methoxy groups -OCH3 is 1. The number of hydrogen-bond acceptors (Lipinski definition) is 3. The van der Waals surface area contributed by atoms with Crippen LogP contribution >= 0.6 is 0 Å². The first-order chi connectivity index (χ1) is 12.2. The van der Waals surface area contributed by atoms with Gasteiger partial charge in [-0.15, -0.1) is 0 Å². The molecule has 0 saturated heterocycles. The Kier molecular flexibility index (Phi) is 5.36. The van der Waals surface area contributed by atoms with E-state index in [1.807, 2.05) is 65.4 Å². The van der Waals surface area contributed by atoms with E-state index in [1.165, 1.54) is 0 Å². The van der Waals surface area contributed by atoms with Crippen LogP contribution in [0.3, 0.4) is 0 Å². The fourth-order valence-electron chi connectivity index (χ4n) is 2.98. The average Bonchev–Trinajstić information content (AvgIpc) is 3.08. The van der Waals surface area contributed by atoms with E-state index in [0.29, 0.717) is 13.0 Å². The highest BCUT2D eigenvalue weighted by molar-refractivity contribution is 5.86. The van der Waals surface area contributed by atoms with E-state index < -0.39 is 0 Å². The van der Waals surface area contributed by atoms with Crippen molar-refractivity contribution < 1.29 is 14.6 Å². The molecule has 1 aromatic heterocycles. The Labute approximate surface area is 146 Å². The van der Waals surface area contributed by atoms with Gasteiger partial charge in [-0.2, -0.15) is 0 Å². The third kappa shape index (κ3) is 3.83. The molecule has 0 aliphatic rings. The Bertz CT molecular complexity index is 843. The second kappa shape index (κ2) is 7.85. The fraction of sp³-hybridized carbons (Fsp3) is 0.250. The molecule has 1 amide bonds. The highest BCUT2D eigenvalue weighted by Crippen LogP contribution is 2.26. The van der Waals surface area contributed by atoms with Crippen molar-refractivity contribution in [2.24, 2.45) is 0 Å². The number of nitrogens with zero attached hydrogens (tertiary/aromatic N) is 1. The van der Waals surface area contributed by atoms with Crippen molar-refractivity contribution in [1.82, 2.24) is 9.88 Å². The topological polar surface area (TPSA) is 63.5 Å². The van der Waals surface area contributed by atoms with Gasteiger partial charge in [-0.3, -0.25) is 4.79 Å². The van der Waals surface area contributed by atoms with Gasteiger partial charge < -0.3 is 19.7 Å². The first kappa shape index (κ1) is 17.0. The number of fused-ring (bicyclic) bond motifs is 1. The highest BCUT2D eigenvalue weighted by atomic mass is 16.5. The number of nitrogens with one attached hydrogen (secondary N) is 1. The molecule has 3 rings (SSSR count). The summed E-state index contributed by atoms with van der Waals surface area (Å²) in [4.78, 5) is 12.3. The molecule has 1 heterocycles. The van der Waals surface area contributed by atoms with Gasteiger partial charge in [0.1, 0.15) is 5.75 Å². The van der Waals surface area contributed by atoms with E-state index in [-0.39, 0.29) is 18.6 Å². The Morgan fingerprint density at radius 3 is 2.68 bits per heavy atom. The molecule has 5 nitrogen and oxygen atoms in total. The maximum absolute atomic E-state index is 12.3. The maximum atomic E-state index is 12.3. The smallest absolute Gasteiger partial charge is 0.222 e. The lowest BCUT2D eigenvalue weighted by molar-refractivity contribution is -0.122. The predicted molar refractivity (Wildman–Crippen MR) is 97.5 cm³/mol. The Morgan fingerprint density at radius 2 is 1.96 bits per heavy atom. The number of aliphatic hydroxyl groups is 1. The minimum Gasteiger partial charge on any atom is -0.496 e. The summed E-state index contributed by atoms with van der Waals surface area (Å²) in [5.41, 5.74) is 1.93. The van der Waals surface area contributed by atoms with E-state index in [1.54, 1.807) is 7.11 Å². The molecule has 1 atom stereocenters. The van der Waals surface area contributed by atoms with Crippen molar-refractivity contribution in [1.29, 1.82) is 0 Å². The van der Waals surface area contributed by atoms with E-state index >= 15 is 0 Å². The molecule has 2 N–H and O–H groups in total. The molecule has 5 heteroatoms. The van der Waals surface area contributed by atoms with E-state index in [4.69, 9.17) is 4.74 Å². The first-order valence-electron chi connectivity index (χ1n) is 8.30. The van der Waals surface area contributed by atoms with Gasteiger partial charge in [-0.05, 0) is 23.8 Å². The quantitative estimate of drug-likeness (QED) is 0.696. The standard InChI is InChI=1S/C20H22N2O3/c1-25-19-9-5-8-18-16(19)10-12-22(18)13-11-20(24)21-17(14-23)15-6-3-2-4-7-15/h2-10,12,17,23H,11,13-14H2,1H3,(H,21,24)/t17-/m1/s1. The van der Waals surface area contributed by atoms with Gasteiger partial charge in [0, 0.05) is 24.5 Å². The molecule has 130 valence electrons. The zero-order valence-electron chi connectivity index (χ0n) is 14.2. The predicted octanol–water partition coefficient (Wildman–Crippen LogP) is 2.89. The number of rotatable bonds is 7. The molecule has 0 unspecified atom stereocenters. The fourth-order valence-corrected chi connectivity index (χ4v) is 2.98. The normalized spacial score (nSPS) is 12.1. The minimum absolute atomic E-state index is 0.0901. The van der Waals surface area contributed by atoms with Crippen LogP contribution < -0.4 is 10.1 Å². The van der Waals surface area contributed by atoms with Crippen LogP contribution in [-0.2, 0) is 11.3 Å². The minimum atomic E-state index is -0.379. The molecule has 25 heavy (non-hydrogen) atoms. The second-order valence-corrected chi connectivity index (χ2v) is 5.87. The van der Waals surface area contributed by atoms with Crippen molar-refractivity contribution in [3.8, 4) is 5.75 Å². The van der Waals surface area contributed by atoms with Crippen molar-refractivity contribution in [2.45, 2.75) is 19.0 Å². The summed E-state index contributed by atoms with van der Waals surface area (Å²) < 4.78 is 7.40. The van der Waals surface area contributed by atoms with Crippen LogP contribution in [-0.4, -0.2) is 29.3 Å². The molecule has 0 fully saturated rings. The van der Waals surface area contributed by atoms with Crippen LogP contribution in [0.15, 0.2) is 60.8 Å². The largest absolute Gasteiger partial charge is 0.496 e. The Hall–Kier alpha value is -2.79. The maximum Gasteiger partial charge on any atom is 0.222 e. The van der Waals surface area contributed by atoms with Gasteiger partial charge >= 0.3 is 0 Å². The molecule has 0 bridgehead atoms. The number of aryl methyl sites for hydroxylation is 1. The second-order valence-electron chi connectivity index (χ2n) is 5.87. The lowest BCUT2D eigenvalue weighted by atomic mass is 10.1. The van der Waals surface area contributed by atoms with Crippen LogP contribution in [0.4, 0.5) is 0 Å². The number of ether oxygens (including phenoxy) is 1. The van der Waals surface area contributed by atoms with Crippen molar-refractivity contribution >= 4 is 16.8 Å². The third-order valence-electron chi connectivity index (χ3n) is 4.29. The molecule has 0 aliphatic heterocycles. The van der Waals surface area contributed by atoms with Gasteiger partial charge in [-0.1, -0.05) is 36.4 Å². The Morgan fingerprint density at radius 1 is 1.16 bits per heavy atom. The third-order valence-corrected chi connectivity index (χ3v) is 4.29. The van der Waals surface area contributed by atoms with Crippen LogP contribution in [0.25, 0.3) is 10.9 Å². The lowest BCUT2D eigenvalue weighted by Gasteiger charge is -2.17. The van der Waals surface area contributed by atoms with Crippen molar-refractivity contribution in [3.63, 3.8) is 0 Å². The number of hydrogen-bond donors (Lipinski definition) is 2. The van der Waals surface area contributed by atoms with Crippen LogP contribution in [0, 0.1) is 0 Å². The summed E-state index contributed by atoms with van der Waals surface area (Å²) in [5.74, 6) is 0.734. The van der Waals surface area contributed by atoms with Crippen molar-refractivity contribution in [3.05, 3.63) is 66.4 Å². The van der Waals surface area contributed by atoms with Gasteiger partial charge in [-0.25, -0.2) is 0 Å². The highest BCUT2D eigenvalue weighted by Gasteiger charge is 2.14. The average molecular weight is 338 g/mol. The summed E-state index contributed by atoms with van der Waals surface area (Å²) in [6.07, 6.45) is 2.30. The van der Waals surface area contributed by atoms with Gasteiger partial charge in [0.25, 0.3) is 0 Å². The summed E-state index contributed by atoms with van der Waals surface area (Å²) in [6.45, 7) is 0.439. The SMILES string of the molecule is COc1cccc2c1ccn2CCC(=O)N[C@H](CO)c1ccccc1. The molecule has 0 radical (unpaired) electrons. The molecule has 0 aliphatic carbocycles. The first-order valence-corrected chi connectivity index (χ1v) is 8.30. The molecule has 3 aromatic rings. The zero-order chi connectivity index (χ0) is 17.6. The zero-order valence-corrected chi connectivity index (χ0v) is 14.2. The lowest BCUT2D eigenvalue weighted by Crippen LogP contribution is -2.31.